The van der Waals surface area contributed by atoms with Crippen LogP contribution in [0.5, 0.6) is 17.2 Å². The molecule has 10 heteroatoms. The maximum absolute atomic E-state index is 13.4. The number of esters is 1. The number of nitrogens with zero attached hydrogens (tertiary/aromatic N) is 2. The Balaban J connectivity index is 3.58. The number of nitro groups is 1. The molecule has 0 N–H and O–H groups in total. The summed E-state index contributed by atoms with van der Waals surface area (Å²) in [6.07, 6.45) is 0.521. The molecule has 0 bridgehead atoms. The van der Waals surface area contributed by atoms with Gasteiger partial charge in [0.2, 0.25) is 11.5 Å². The SMILES string of the molecule is CC[C@@H](C)N(CC(=O)OC(C)(C)C)C(=O)c1cc(OC)c(OC)c(OC)c1[N+](=O)[O-]. The van der Waals surface area contributed by atoms with Crippen LogP contribution in [0, 0.1) is 10.1 Å². The van der Waals surface area contributed by atoms with E-state index in [0.29, 0.717) is 6.42 Å². The fourth-order valence-electron chi connectivity index (χ4n) is 2.80. The van der Waals surface area contributed by atoms with Gasteiger partial charge >= 0.3 is 11.7 Å². The van der Waals surface area contributed by atoms with Gasteiger partial charge < -0.3 is 23.8 Å². The predicted octanol–water partition coefficient (Wildman–Crippen LogP) is 3.20. The number of rotatable bonds is 9. The minimum atomic E-state index is -0.736. The normalized spacial score (nSPS) is 12.0. The van der Waals surface area contributed by atoms with E-state index >= 15 is 0 Å². The van der Waals surface area contributed by atoms with E-state index in [9.17, 15) is 19.7 Å². The van der Waals surface area contributed by atoms with Crippen molar-refractivity contribution in [3.63, 3.8) is 0 Å². The van der Waals surface area contributed by atoms with Crippen LogP contribution in [0.15, 0.2) is 6.07 Å². The van der Waals surface area contributed by atoms with E-state index in [0.717, 1.165) is 0 Å². The molecular formula is C20H30N2O8. The average molecular weight is 426 g/mol. The zero-order valence-corrected chi connectivity index (χ0v) is 18.7. The van der Waals surface area contributed by atoms with Gasteiger partial charge in [0.1, 0.15) is 17.7 Å². The lowest BCUT2D eigenvalue weighted by atomic mass is 10.1. The number of benzene rings is 1. The van der Waals surface area contributed by atoms with Gasteiger partial charge in [0.15, 0.2) is 5.75 Å². The summed E-state index contributed by atoms with van der Waals surface area (Å²) < 4.78 is 20.9. The Morgan fingerprint density at radius 3 is 2.10 bits per heavy atom. The molecule has 0 radical (unpaired) electrons. The molecule has 1 aromatic rings. The Kier molecular flexibility index (Phi) is 8.44. The molecule has 0 unspecified atom stereocenters. The van der Waals surface area contributed by atoms with E-state index in [1.807, 2.05) is 6.92 Å². The smallest absolute Gasteiger partial charge is 0.327 e. The van der Waals surface area contributed by atoms with Crippen molar-refractivity contribution < 1.29 is 33.5 Å². The van der Waals surface area contributed by atoms with Gasteiger partial charge in [-0.25, -0.2) is 0 Å². The number of methoxy groups -OCH3 is 3. The molecule has 0 saturated carbocycles. The zero-order chi connectivity index (χ0) is 23.2. The first kappa shape index (κ1) is 25.0. The summed E-state index contributed by atoms with van der Waals surface area (Å²) in [5.41, 5.74) is -1.59. The summed E-state index contributed by atoms with van der Waals surface area (Å²) in [6.45, 7) is 8.35. The first-order valence-corrected chi connectivity index (χ1v) is 9.41. The van der Waals surface area contributed by atoms with E-state index in [-0.39, 0.29) is 35.4 Å². The van der Waals surface area contributed by atoms with E-state index in [1.165, 1.54) is 32.3 Å². The third kappa shape index (κ3) is 5.74. The lowest BCUT2D eigenvalue weighted by Crippen LogP contribution is -2.43. The van der Waals surface area contributed by atoms with Gasteiger partial charge in [-0.3, -0.25) is 19.7 Å². The van der Waals surface area contributed by atoms with Crippen LogP contribution >= 0.6 is 0 Å². The van der Waals surface area contributed by atoms with Gasteiger partial charge in [0.25, 0.3) is 5.91 Å². The molecule has 1 atom stereocenters. The van der Waals surface area contributed by atoms with Crippen molar-refractivity contribution in [3.05, 3.63) is 21.7 Å². The maximum atomic E-state index is 13.4. The van der Waals surface area contributed by atoms with Crippen molar-refractivity contribution in [2.45, 2.75) is 52.7 Å². The van der Waals surface area contributed by atoms with Crippen molar-refractivity contribution in [3.8, 4) is 17.2 Å². The third-order valence-corrected chi connectivity index (χ3v) is 4.32. The van der Waals surface area contributed by atoms with Crippen molar-refractivity contribution in [2.75, 3.05) is 27.9 Å². The van der Waals surface area contributed by atoms with Crippen LogP contribution in [-0.2, 0) is 9.53 Å². The highest BCUT2D eigenvalue weighted by Crippen LogP contribution is 2.46. The Hall–Kier alpha value is -3.04. The number of ether oxygens (including phenoxy) is 4. The number of hydrogen-bond acceptors (Lipinski definition) is 8. The molecular weight excluding hydrogens is 396 g/mol. The summed E-state index contributed by atoms with van der Waals surface area (Å²) >= 11 is 0. The molecule has 0 aliphatic heterocycles. The van der Waals surface area contributed by atoms with Crippen LogP contribution in [0.3, 0.4) is 0 Å². The van der Waals surface area contributed by atoms with Gasteiger partial charge in [0.05, 0.1) is 26.3 Å². The second kappa shape index (κ2) is 10.1. The van der Waals surface area contributed by atoms with Gasteiger partial charge in [-0.1, -0.05) is 6.92 Å². The lowest BCUT2D eigenvalue weighted by molar-refractivity contribution is -0.386. The molecule has 1 amide bonds. The third-order valence-electron chi connectivity index (χ3n) is 4.32. The van der Waals surface area contributed by atoms with Crippen molar-refractivity contribution in [1.82, 2.24) is 4.90 Å². The van der Waals surface area contributed by atoms with E-state index < -0.39 is 28.1 Å². The Morgan fingerprint density at radius 1 is 1.13 bits per heavy atom. The monoisotopic (exact) mass is 426 g/mol. The summed E-state index contributed by atoms with van der Waals surface area (Å²) in [5.74, 6) is -1.51. The van der Waals surface area contributed by atoms with Crippen LogP contribution in [0.25, 0.3) is 0 Å². The van der Waals surface area contributed by atoms with E-state index in [1.54, 1.807) is 27.7 Å². The molecule has 0 spiro atoms. The van der Waals surface area contributed by atoms with Gasteiger partial charge in [-0.2, -0.15) is 0 Å². The van der Waals surface area contributed by atoms with Gasteiger partial charge in [0, 0.05) is 12.1 Å². The molecule has 0 heterocycles. The Bertz CT molecular complexity index is 801. The molecule has 10 nitrogen and oxygen atoms in total. The Labute approximate surface area is 176 Å². The molecule has 1 rings (SSSR count). The first-order valence-electron chi connectivity index (χ1n) is 9.41. The molecule has 0 aliphatic rings. The predicted molar refractivity (Wildman–Crippen MR) is 109 cm³/mol. The summed E-state index contributed by atoms with van der Waals surface area (Å²) in [7, 11) is 3.87. The molecule has 0 saturated heterocycles. The van der Waals surface area contributed by atoms with Crippen molar-refractivity contribution in [1.29, 1.82) is 0 Å². The summed E-state index contributed by atoms with van der Waals surface area (Å²) in [6, 6.07) is 0.829. The fraction of sp³-hybridized carbons (Fsp3) is 0.600. The van der Waals surface area contributed by atoms with Crippen LogP contribution in [0.4, 0.5) is 5.69 Å². The lowest BCUT2D eigenvalue weighted by Gasteiger charge is -2.29. The van der Waals surface area contributed by atoms with Crippen molar-refractivity contribution in [2.24, 2.45) is 0 Å². The highest BCUT2D eigenvalue weighted by Gasteiger charge is 2.36. The summed E-state index contributed by atoms with van der Waals surface area (Å²) in [5, 5.41) is 11.8. The number of amides is 1. The average Bonchev–Trinajstić information content (AvgIpc) is 2.67. The minimum absolute atomic E-state index is 0.00881. The quantitative estimate of drug-likeness (QED) is 0.336. The Morgan fingerprint density at radius 2 is 1.70 bits per heavy atom. The number of hydrogen-bond donors (Lipinski definition) is 0. The molecule has 0 fully saturated rings. The maximum Gasteiger partial charge on any atom is 0.327 e. The second-order valence-electron chi connectivity index (χ2n) is 7.58. The van der Waals surface area contributed by atoms with E-state index in [2.05, 4.69) is 0 Å². The number of carbonyl (C=O) groups is 2. The highest BCUT2D eigenvalue weighted by atomic mass is 16.6. The summed E-state index contributed by atoms with van der Waals surface area (Å²) in [4.78, 5) is 38.1. The van der Waals surface area contributed by atoms with Crippen LogP contribution in [-0.4, -0.2) is 61.2 Å². The largest absolute Gasteiger partial charge is 0.493 e. The molecule has 0 aliphatic carbocycles. The zero-order valence-electron chi connectivity index (χ0n) is 18.7. The van der Waals surface area contributed by atoms with Crippen molar-refractivity contribution >= 4 is 17.6 Å². The highest BCUT2D eigenvalue weighted by molar-refractivity contribution is 6.02. The molecule has 1 aromatic carbocycles. The fourth-order valence-corrected chi connectivity index (χ4v) is 2.80. The number of carbonyl (C=O) groups excluding carboxylic acids is 2. The molecule has 168 valence electrons. The number of nitro benzene ring substituents is 1. The second-order valence-corrected chi connectivity index (χ2v) is 7.58. The van der Waals surface area contributed by atoms with Crippen LogP contribution in [0.1, 0.15) is 51.4 Å². The van der Waals surface area contributed by atoms with Crippen LogP contribution < -0.4 is 14.2 Å². The minimum Gasteiger partial charge on any atom is -0.493 e. The van der Waals surface area contributed by atoms with Crippen LogP contribution in [0.2, 0.25) is 0 Å². The first-order chi connectivity index (χ1) is 13.9. The molecule has 0 aromatic heterocycles. The molecule has 30 heavy (non-hydrogen) atoms. The van der Waals surface area contributed by atoms with E-state index in [4.69, 9.17) is 18.9 Å². The topological polar surface area (TPSA) is 117 Å². The standard InChI is InChI=1S/C20H30N2O8/c1-9-12(2)21(11-15(23)30-20(3,4)5)19(24)13-10-14(27-6)17(28-7)18(29-8)16(13)22(25)26/h10,12H,9,11H2,1-8H3/t12-/m1/s1. The van der Waals surface area contributed by atoms with Gasteiger partial charge in [-0.05, 0) is 34.1 Å². The van der Waals surface area contributed by atoms with Gasteiger partial charge in [-0.15, -0.1) is 0 Å².